The number of thiazole rings is 1. The number of hydrogen-bond donors (Lipinski definition) is 2. The fraction of sp³-hybridized carbons (Fsp3) is 0.545. The number of rotatable bonds is 6. The second-order valence-electron chi connectivity index (χ2n) is 13.1. The van der Waals surface area contributed by atoms with Crippen LogP contribution >= 0.6 is 11.3 Å². The lowest BCUT2D eigenvalue weighted by Gasteiger charge is -2.62. The number of aryl methyl sites for hydroxylation is 1. The number of Topliss-reactive ketones (excluding diaryl/α,β-unsaturated/α-hetero) is 1. The van der Waals surface area contributed by atoms with Gasteiger partial charge in [-0.25, -0.2) is 13.8 Å². The molecule has 3 saturated carbocycles. The zero-order valence-electron chi connectivity index (χ0n) is 23.7. The van der Waals surface area contributed by atoms with Gasteiger partial charge in [0.1, 0.15) is 22.2 Å². The number of carbonyl (C=O) groups excluding carboxylic acids is 2. The van der Waals surface area contributed by atoms with Gasteiger partial charge in [-0.1, -0.05) is 37.6 Å². The van der Waals surface area contributed by atoms with Crippen LogP contribution in [0.15, 0.2) is 53.4 Å². The number of aliphatic hydroxyl groups excluding tert-OH is 1. The van der Waals surface area contributed by atoms with Crippen LogP contribution in [0.5, 0.6) is 0 Å². The summed E-state index contributed by atoms with van der Waals surface area (Å²) in [5, 5.41) is 26.5. The molecule has 1 heterocycles. The number of fused-ring (bicyclic) bond motifs is 5. The first-order valence-corrected chi connectivity index (χ1v) is 15.5. The van der Waals surface area contributed by atoms with Crippen LogP contribution in [0.2, 0.25) is 0 Å². The molecule has 3 fully saturated rings. The Bertz CT molecular complexity index is 1450. The molecule has 5 nitrogen and oxygen atoms in total. The summed E-state index contributed by atoms with van der Waals surface area (Å²) in [6, 6.07) is 6.12. The molecule has 0 saturated heterocycles. The fourth-order valence-electron chi connectivity index (χ4n) is 8.85. The van der Waals surface area contributed by atoms with E-state index in [9.17, 15) is 24.2 Å². The van der Waals surface area contributed by atoms with Gasteiger partial charge >= 0.3 is 0 Å². The third kappa shape index (κ3) is 4.08. The minimum Gasteiger partial charge on any atom is -0.390 e. The quantitative estimate of drug-likeness (QED) is 0.448. The molecule has 0 bridgehead atoms. The summed E-state index contributed by atoms with van der Waals surface area (Å²) in [6.45, 7) is 5.73. The largest absolute Gasteiger partial charge is 0.390 e. The highest BCUT2D eigenvalue weighted by atomic mass is 32.1. The second kappa shape index (κ2) is 9.75. The molecule has 0 amide bonds. The van der Waals surface area contributed by atoms with Crippen LogP contribution in [0, 0.1) is 34.4 Å². The monoisotopic (exact) mass is 581 g/mol. The van der Waals surface area contributed by atoms with Gasteiger partial charge < -0.3 is 10.2 Å². The Morgan fingerprint density at radius 3 is 2.66 bits per heavy atom. The maximum absolute atomic E-state index is 17.4. The van der Waals surface area contributed by atoms with Crippen LogP contribution < -0.4 is 0 Å². The van der Waals surface area contributed by atoms with Crippen molar-refractivity contribution in [2.45, 2.75) is 83.1 Å². The lowest BCUT2D eigenvalue weighted by molar-refractivity contribution is -0.223. The zero-order chi connectivity index (χ0) is 29.4. The first kappa shape index (κ1) is 28.6. The van der Waals surface area contributed by atoms with E-state index in [4.69, 9.17) is 4.98 Å². The first-order chi connectivity index (χ1) is 19.3. The molecule has 2 N–H and O–H groups in total. The fourth-order valence-corrected chi connectivity index (χ4v) is 9.73. The molecule has 0 unspecified atom stereocenters. The van der Waals surface area contributed by atoms with Gasteiger partial charge in [0.2, 0.25) is 0 Å². The number of benzene rings is 1. The summed E-state index contributed by atoms with van der Waals surface area (Å²) in [5.74, 6) is -1.35. The third-order valence-electron chi connectivity index (χ3n) is 11.1. The summed E-state index contributed by atoms with van der Waals surface area (Å²) < 4.78 is 30.6. The average Bonchev–Trinajstić information content (AvgIpc) is 3.47. The van der Waals surface area contributed by atoms with Crippen molar-refractivity contribution in [3.8, 4) is 0 Å². The Morgan fingerprint density at radius 1 is 1.20 bits per heavy atom. The number of ketones is 2. The van der Waals surface area contributed by atoms with Gasteiger partial charge in [0.15, 0.2) is 11.5 Å². The summed E-state index contributed by atoms with van der Waals surface area (Å²) >= 11 is 1.34. The molecule has 218 valence electrons. The lowest BCUT2D eigenvalue weighted by Crippen LogP contribution is -2.68. The van der Waals surface area contributed by atoms with Gasteiger partial charge in [-0.15, -0.1) is 11.3 Å². The molecule has 0 aliphatic heterocycles. The van der Waals surface area contributed by atoms with Crippen LogP contribution in [0.4, 0.5) is 8.78 Å². The SMILES string of the molecule is C[C@@H]1C[C@H]2[C@@H]3CCC4=CC(=O)C=C[C@]4(C)[C@@]3(F)[C@@H](O)C[C@]2(C)[C@@]1(O)c1csc(CC(=O)CCc2ccc(F)cc2)n1. The average molecular weight is 582 g/mol. The lowest BCUT2D eigenvalue weighted by atomic mass is 9.44. The van der Waals surface area contributed by atoms with E-state index in [1.807, 2.05) is 19.2 Å². The smallest absolute Gasteiger partial charge is 0.178 e. The van der Waals surface area contributed by atoms with E-state index in [1.54, 1.807) is 25.1 Å². The maximum Gasteiger partial charge on any atom is 0.178 e. The molecular formula is C33H37F2NO4S. The Balaban J connectivity index is 1.24. The van der Waals surface area contributed by atoms with Crippen LogP contribution in [-0.4, -0.2) is 38.5 Å². The van der Waals surface area contributed by atoms with Crippen molar-refractivity contribution in [2.75, 3.05) is 0 Å². The molecule has 4 aliphatic carbocycles. The summed E-state index contributed by atoms with van der Waals surface area (Å²) in [4.78, 5) is 29.6. The van der Waals surface area contributed by atoms with E-state index in [0.29, 0.717) is 42.8 Å². The molecule has 1 aromatic carbocycles. The van der Waals surface area contributed by atoms with Crippen molar-refractivity contribution < 1.29 is 28.6 Å². The van der Waals surface area contributed by atoms with Crippen molar-refractivity contribution in [3.05, 3.63) is 75.5 Å². The first-order valence-electron chi connectivity index (χ1n) is 14.6. The van der Waals surface area contributed by atoms with Gasteiger partial charge in [0, 0.05) is 28.5 Å². The molecule has 4 aliphatic rings. The van der Waals surface area contributed by atoms with Gasteiger partial charge in [0.25, 0.3) is 0 Å². The maximum atomic E-state index is 17.4. The number of halogens is 2. The third-order valence-corrected chi connectivity index (χ3v) is 12.0. The van der Waals surface area contributed by atoms with E-state index in [2.05, 4.69) is 0 Å². The number of carbonyl (C=O) groups is 2. The normalized spacial score (nSPS) is 39.6. The van der Waals surface area contributed by atoms with Gasteiger partial charge in [-0.3, -0.25) is 9.59 Å². The number of aliphatic hydroxyl groups is 2. The second-order valence-corrected chi connectivity index (χ2v) is 14.1. The van der Waals surface area contributed by atoms with Crippen LogP contribution in [0.1, 0.15) is 69.1 Å². The minimum atomic E-state index is -1.95. The molecule has 1 aromatic heterocycles. The van der Waals surface area contributed by atoms with Crippen LogP contribution in [-0.2, 0) is 28.0 Å². The summed E-state index contributed by atoms with van der Waals surface area (Å²) in [7, 11) is 0. The number of nitrogens with zero attached hydrogens (tertiary/aromatic N) is 1. The molecule has 41 heavy (non-hydrogen) atoms. The molecule has 0 radical (unpaired) electrons. The molecule has 2 aromatic rings. The number of hydrogen-bond acceptors (Lipinski definition) is 6. The Morgan fingerprint density at radius 2 is 1.93 bits per heavy atom. The molecule has 8 atom stereocenters. The highest BCUT2D eigenvalue weighted by Gasteiger charge is 2.74. The molecule has 0 spiro atoms. The standard InChI is InChI=1S/C33H37F2NO4S/c1-19-14-26-25-11-7-21-15-24(38)12-13-30(21,2)32(25,35)28(39)17-31(26,3)33(19,40)27-18-41-29(36-27)16-23(37)10-6-20-4-8-22(34)9-5-20/h4-5,8-9,12-13,15,18-19,25-26,28,39-40H,6-7,10-11,14,16-17H2,1-3H3/t19-,25+,26+,28+,30+,31+,32+,33+/m1/s1. The summed E-state index contributed by atoms with van der Waals surface area (Å²) in [6.07, 6.45) is 5.98. The molecular weight excluding hydrogens is 544 g/mol. The van der Waals surface area contributed by atoms with E-state index < -0.39 is 34.1 Å². The van der Waals surface area contributed by atoms with Gasteiger partial charge in [-0.05, 0) is 80.7 Å². The minimum absolute atomic E-state index is 0.0133. The highest BCUT2D eigenvalue weighted by Crippen LogP contribution is 2.72. The van der Waals surface area contributed by atoms with E-state index in [0.717, 1.165) is 11.1 Å². The molecule has 6 rings (SSSR count). The predicted octanol–water partition coefficient (Wildman–Crippen LogP) is 5.83. The zero-order valence-corrected chi connectivity index (χ0v) is 24.5. The molecule has 8 heteroatoms. The van der Waals surface area contributed by atoms with Gasteiger partial charge in [-0.2, -0.15) is 0 Å². The van der Waals surface area contributed by atoms with Crippen LogP contribution in [0.25, 0.3) is 0 Å². The number of allylic oxidation sites excluding steroid dienone is 4. The topological polar surface area (TPSA) is 87.5 Å². The van der Waals surface area contributed by atoms with E-state index in [1.165, 1.54) is 35.6 Å². The highest BCUT2D eigenvalue weighted by molar-refractivity contribution is 7.09. The van der Waals surface area contributed by atoms with Crippen molar-refractivity contribution in [1.82, 2.24) is 4.98 Å². The van der Waals surface area contributed by atoms with E-state index in [-0.39, 0.29) is 42.1 Å². The van der Waals surface area contributed by atoms with Gasteiger partial charge in [0.05, 0.1) is 18.2 Å². The van der Waals surface area contributed by atoms with E-state index >= 15 is 4.39 Å². The summed E-state index contributed by atoms with van der Waals surface area (Å²) in [5.41, 5.74) is -3.12. The Kier molecular flexibility index (Phi) is 6.79. The Hall–Kier alpha value is -2.55. The predicted molar refractivity (Wildman–Crippen MR) is 152 cm³/mol. The van der Waals surface area contributed by atoms with Crippen molar-refractivity contribution in [1.29, 1.82) is 0 Å². The van der Waals surface area contributed by atoms with Crippen molar-refractivity contribution >= 4 is 22.9 Å². The van der Waals surface area contributed by atoms with Crippen LogP contribution in [0.3, 0.4) is 0 Å². The Labute approximate surface area is 243 Å². The van der Waals surface area contributed by atoms with Crippen molar-refractivity contribution in [3.63, 3.8) is 0 Å². The number of aromatic nitrogens is 1. The van der Waals surface area contributed by atoms with Crippen molar-refractivity contribution in [2.24, 2.45) is 28.6 Å². The number of alkyl halides is 1.